The molecule has 2 unspecified atom stereocenters. The highest BCUT2D eigenvalue weighted by Gasteiger charge is 2.24. The van der Waals surface area contributed by atoms with Crippen LogP contribution in [0.5, 0.6) is 0 Å². The lowest BCUT2D eigenvalue weighted by atomic mass is 9.85. The van der Waals surface area contributed by atoms with Crippen LogP contribution in [-0.4, -0.2) is 30.1 Å². The lowest BCUT2D eigenvalue weighted by Crippen LogP contribution is -2.41. The van der Waals surface area contributed by atoms with Crippen LogP contribution < -0.4 is 5.73 Å². The third-order valence-electron chi connectivity index (χ3n) is 4.31. The van der Waals surface area contributed by atoms with E-state index < -0.39 is 0 Å². The van der Waals surface area contributed by atoms with E-state index in [1.54, 1.807) is 0 Å². The van der Waals surface area contributed by atoms with Crippen molar-refractivity contribution in [2.75, 3.05) is 13.1 Å². The van der Waals surface area contributed by atoms with Crippen molar-refractivity contribution in [1.29, 1.82) is 0 Å². The van der Waals surface area contributed by atoms with Crippen molar-refractivity contribution in [3.05, 3.63) is 0 Å². The van der Waals surface area contributed by atoms with Gasteiger partial charge in [-0.2, -0.15) is 0 Å². The molecule has 2 atom stereocenters. The Morgan fingerprint density at radius 1 is 1.24 bits per heavy atom. The van der Waals surface area contributed by atoms with Crippen molar-refractivity contribution in [3.8, 4) is 0 Å². The maximum atomic E-state index is 6.27. The van der Waals surface area contributed by atoms with Crippen LogP contribution in [0.4, 0.5) is 0 Å². The van der Waals surface area contributed by atoms with E-state index in [-0.39, 0.29) is 5.41 Å². The molecule has 17 heavy (non-hydrogen) atoms. The predicted molar refractivity (Wildman–Crippen MR) is 76.2 cm³/mol. The fourth-order valence-electron chi connectivity index (χ4n) is 2.73. The summed E-state index contributed by atoms with van der Waals surface area (Å²) in [6, 6.07) is 1.13. The van der Waals surface area contributed by atoms with E-state index in [0.29, 0.717) is 6.04 Å². The number of likely N-dealkylation sites (tertiary alicyclic amines) is 1. The molecule has 1 rings (SSSR count). The van der Waals surface area contributed by atoms with Crippen molar-refractivity contribution >= 4 is 0 Å². The highest BCUT2D eigenvalue weighted by atomic mass is 15.2. The summed E-state index contributed by atoms with van der Waals surface area (Å²) >= 11 is 0. The number of nitrogens with zero attached hydrogens (tertiary/aromatic N) is 1. The molecule has 0 aliphatic carbocycles. The highest BCUT2D eigenvalue weighted by Crippen LogP contribution is 2.23. The van der Waals surface area contributed by atoms with Crippen LogP contribution in [0.25, 0.3) is 0 Å². The second-order valence-electron chi connectivity index (χ2n) is 6.71. The van der Waals surface area contributed by atoms with E-state index in [1.807, 2.05) is 0 Å². The van der Waals surface area contributed by atoms with Crippen LogP contribution in [0.3, 0.4) is 0 Å². The summed E-state index contributed by atoms with van der Waals surface area (Å²) in [6.45, 7) is 11.5. The summed E-state index contributed by atoms with van der Waals surface area (Å²) in [5.41, 5.74) is 6.51. The Morgan fingerprint density at radius 3 is 2.53 bits per heavy atom. The summed E-state index contributed by atoms with van der Waals surface area (Å²) < 4.78 is 0. The molecule has 1 aliphatic heterocycles. The van der Waals surface area contributed by atoms with E-state index in [1.165, 1.54) is 45.2 Å². The number of hydrogen-bond donors (Lipinski definition) is 1. The minimum Gasteiger partial charge on any atom is -0.327 e. The molecule has 0 saturated carbocycles. The molecule has 1 heterocycles. The normalized spacial score (nSPS) is 25.6. The molecule has 1 aliphatic rings. The van der Waals surface area contributed by atoms with Gasteiger partial charge >= 0.3 is 0 Å². The van der Waals surface area contributed by atoms with Gasteiger partial charge in [0, 0.05) is 12.1 Å². The van der Waals surface area contributed by atoms with Crippen LogP contribution in [0.1, 0.15) is 66.2 Å². The second kappa shape index (κ2) is 6.75. The topological polar surface area (TPSA) is 29.3 Å². The molecule has 2 nitrogen and oxygen atoms in total. The van der Waals surface area contributed by atoms with Gasteiger partial charge in [-0.25, -0.2) is 0 Å². The lowest BCUT2D eigenvalue weighted by Gasteiger charge is -2.33. The second-order valence-corrected chi connectivity index (χ2v) is 6.71. The molecule has 0 aromatic heterocycles. The summed E-state index contributed by atoms with van der Waals surface area (Å²) in [7, 11) is 0. The zero-order valence-electron chi connectivity index (χ0n) is 12.3. The molecule has 1 saturated heterocycles. The van der Waals surface area contributed by atoms with Crippen molar-refractivity contribution in [1.82, 2.24) is 4.90 Å². The van der Waals surface area contributed by atoms with E-state index in [9.17, 15) is 0 Å². The Labute approximate surface area is 108 Å². The Bertz CT molecular complexity index is 207. The number of nitrogens with two attached hydrogens (primary N) is 1. The summed E-state index contributed by atoms with van der Waals surface area (Å²) in [6.07, 6.45) is 8.03. The van der Waals surface area contributed by atoms with Crippen molar-refractivity contribution in [2.45, 2.75) is 78.3 Å². The van der Waals surface area contributed by atoms with Gasteiger partial charge < -0.3 is 10.6 Å². The molecule has 0 amide bonds. The zero-order valence-corrected chi connectivity index (χ0v) is 12.3. The zero-order chi connectivity index (χ0) is 12.9. The van der Waals surface area contributed by atoms with Gasteiger partial charge in [0.15, 0.2) is 0 Å². The fraction of sp³-hybridized carbons (Fsp3) is 1.00. The Morgan fingerprint density at radius 2 is 1.94 bits per heavy atom. The molecule has 0 spiro atoms. The highest BCUT2D eigenvalue weighted by molar-refractivity contribution is 4.80. The van der Waals surface area contributed by atoms with Crippen LogP contribution in [-0.2, 0) is 0 Å². The van der Waals surface area contributed by atoms with Gasteiger partial charge in [-0.15, -0.1) is 0 Å². The van der Waals surface area contributed by atoms with Crippen LogP contribution in [0.15, 0.2) is 0 Å². The largest absolute Gasteiger partial charge is 0.327 e. The van der Waals surface area contributed by atoms with Crippen LogP contribution in [0, 0.1) is 5.41 Å². The first-order valence-electron chi connectivity index (χ1n) is 7.44. The van der Waals surface area contributed by atoms with E-state index >= 15 is 0 Å². The number of hydrogen-bond acceptors (Lipinski definition) is 2. The molecule has 102 valence electrons. The minimum atomic E-state index is 0.244. The van der Waals surface area contributed by atoms with Gasteiger partial charge in [-0.3, -0.25) is 0 Å². The predicted octanol–water partition coefficient (Wildman–Crippen LogP) is 3.40. The Kier molecular flexibility index (Phi) is 5.94. The van der Waals surface area contributed by atoms with Crippen molar-refractivity contribution in [3.63, 3.8) is 0 Å². The Hall–Kier alpha value is -0.0800. The standard InChI is InChI=1S/C15H32N2/c1-5-13-9-7-6-8-11-17(13)12-10-14(16)15(2,3)4/h13-14H,5-12,16H2,1-4H3. The SMILES string of the molecule is CCC1CCCCCN1CCC(N)C(C)(C)C. The van der Waals surface area contributed by atoms with Crippen molar-refractivity contribution in [2.24, 2.45) is 11.1 Å². The van der Waals surface area contributed by atoms with E-state index in [4.69, 9.17) is 5.73 Å². The third kappa shape index (κ3) is 4.97. The average molecular weight is 240 g/mol. The van der Waals surface area contributed by atoms with Gasteiger partial charge in [-0.05, 0) is 44.2 Å². The number of rotatable bonds is 4. The first kappa shape index (κ1) is 15.0. The van der Waals surface area contributed by atoms with Gasteiger partial charge in [0.1, 0.15) is 0 Å². The molecular formula is C15H32N2. The third-order valence-corrected chi connectivity index (χ3v) is 4.31. The van der Waals surface area contributed by atoms with E-state index in [0.717, 1.165) is 12.5 Å². The summed E-state index contributed by atoms with van der Waals surface area (Å²) in [4.78, 5) is 2.69. The molecule has 0 radical (unpaired) electrons. The van der Waals surface area contributed by atoms with Gasteiger partial charge in [0.05, 0.1) is 0 Å². The molecular weight excluding hydrogens is 208 g/mol. The van der Waals surface area contributed by atoms with Gasteiger partial charge in [0.2, 0.25) is 0 Å². The summed E-state index contributed by atoms with van der Waals surface area (Å²) in [5.74, 6) is 0. The van der Waals surface area contributed by atoms with Gasteiger partial charge in [0.25, 0.3) is 0 Å². The molecule has 0 bridgehead atoms. The first-order chi connectivity index (χ1) is 7.95. The fourth-order valence-corrected chi connectivity index (χ4v) is 2.73. The van der Waals surface area contributed by atoms with Crippen LogP contribution >= 0.6 is 0 Å². The molecule has 2 heteroatoms. The monoisotopic (exact) mass is 240 g/mol. The molecule has 2 N–H and O–H groups in total. The molecule has 0 aromatic rings. The summed E-state index contributed by atoms with van der Waals surface area (Å²) in [5, 5.41) is 0. The quantitative estimate of drug-likeness (QED) is 0.816. The minimum absolute atomic E-state index is 0.244. The van der Waals surface area contributed by atoms with Gasteiger partial charge in [-0.1, -0.05) is 40.5 Å². The maximum absolute atomic E-state index is 6.27. The van der Waals surface area contributed by atoms with Crippen LogP contribution in [0.2, 0.25) is 0 Å². The smallest absolute Gasteiger partial charge is 0.00998 e. The Balaban J connectivity index is 2.42. The maximum Gasteiger partial charge on any atom is 0.00998 e. The molecule has 0 aromatic carbocycles. The lowest BCUT2D eigenvalue weighted by molar-refractivity contribution is 0.173. The van der Waals surface area contributed by atoms with Crippen molar-refractivity contribution < 1.29 is 0 Å². The van der Waals surface area contributed by atoms with E-state index in [2.05, 4.69) is 32.6 Å². The average Bonchev–Trinajstić information content (AvgIpc) is 2.48. The first-order valence-corrected chi connectivity index (χ1v) is 7.44. The molecule has 1 fully saturated rings.